The summed E-state index contributed by atoms with van der Waals surface area (Å²) in [4.78, 5) is 2.28. The number of hydrogen-bond donors (Lipinski definition) is 1. The van der Waals surface area contributed by atoms with Crippen molar-refractivity contribution in [3.8, 4) is 29.7 Å². The Kier molecular flexibility index (Phi) is 7.08. The lowest BCUT2D eigenvalue weighted by atomic mass is 9.58. The van der Waals surface area contributed by atoms with Crippen LogP contribution in [0.4, 0.5) is 0 Å². The van der Waals surface area contributed by atoms with Crippen molar-refractivity contribution in [2.75, 3.05) is 32.8 Å². The topological polar surface area (TPSA) is 119 Å². The van der Waals surface area contributed by atoms with E-state index >= 15 is 0 Å². The minimum Gasteiger partial charge on any atom is -0.494 e. The number of rotatable bonds is 7. The zero-order chi connectivity index (χ0) is 23.3. The van der Waals surface area contributed by atoms with Crippen LogP contribution >= 0.6 is 0 Å². The summed E-state index contributed by atoms with van der Waals surface area (Å²) in [5, 5.41) is 30.4. The Morgan fingerprint density at radius 3 is 2.44 bits per heavy atom. The Bertz CT molecular complexity index is 1040. The van der Waals surface area contributed by atoms with Gasteiger partial charge in [-0.15, -0.1) is 0 Å². The lowest BCUT2D eigenvalue weighted by Crippen LogP contribution is -2.48. The molecule has 0 unspecified atom stereocenters. The summed E-state index contributed by atoms with van der Waals surface area (Å²) in [6.07, 6.45) is 3.01. The van der Waals surface area contributed by atoms with Gasteiger partial charge < -0.3 is 15.2 Å². The molecule has 0 radical (unpaired) electrons. The summed E-state index contributed by atoms with van der Waals surface area (Å²) in [5.41, 5.74) is 6.57. The van der Waals surface area contributed by atoms with E-state index in [4.69, 9.17) is 15.2 Å². The predicted octanol–water partition coefficient (Wildman–Crippen LogP) is 3.62. The second kappa shape index (κ2) is 9.77. The van der Waals surface area contributed by atoms with Crippen molar-refractivity contribution in [3.63, 3.8) is 0 Å². The molecule has 1 aliphatic heterocycles. The van der Waals surface area contributed by atoms with Gasteiger partial charge in [0.15, 0.2) is 5.41 Å². The van der Waals surface area contributed by atoms with Crippen molar-refractivity contribution in [2.45, 2.75) is 33.1 Å². The van der Waals surface area contributed by atoms with Gasteiger partial charge in [0.25, 0.3) is 0 Å². The fraction of sp³-hybridized carbons (Fsp3) is 0.480. The molecule has 0 bridgehead atoms. The fourth-order valence-electron chi connectivity index (χ4n) is 4.89. The highest BCUT2D eigenvalue weighted by Gasteiger charge is 2.55. The minimum absolute atomic E-state index is 0.0257. The number of allylic oxidation sites excluding steroid dienone is 2. The van der Waals surface area contributed by atoms with E-state index in [0.717, 1.165) is 24.1 Å². The summed E-state index contributed by atoms with van der Waals surface area (Å²) in [5.74, 6) is 0.396. The highest BCUT2D eigenvalue weighted by atomic mass is 16.5. The summed E-state index contributed by atoms with van der Waals surface area (Å²) >= 11 is 0. The molecule has 0 saturated heterocycles. The Balaban J connectivity index is 2.28. The first kappa shape index (κ1) is 23.2. The van der Waals surface area contributed by atoms with Crippen LogP contribution < -0.4 is 15.2 Å². The highest BCUT2D eigenvalue weighted by molar-refractivity contribution is 5.61. The second-order valence-electron chi connectivity index (χ2n) is 8.00. The van der Waals surface area contributed by atoms with Gasteiger partial charge in [0.1, 0.15) is 17.6 Å². The molecular formula is C25H29N5O2. The van der Waals surface area contributed by atoms with Crippen LogP contribution in [0.15, 0.2) is 41.1 Å². The number of nitriles is 3. The lowest BCUT2D eigenvalue weighted by molar-refractivity contribution is 0.204. The van der Waals surface area contributed by atoms with Gasteiger partial charge in [-0.25, -0.2) is 0 Å². The van der Waals surface area contributed by atoms with Crippen molar-refractivity contribution in [1.29, 1.82) is 15.8 Å². The number of benzene rings is 1. The average Bonchev–Trinajstić information content (AvgIpc) is 2.80. The van der Waals surface area contributed by atoms with E-state index in [1.165, 1.54) is 0 Å². The number of nitrogens with two attached hydrogens (primary N) is 1. The zero-order valence-electron chi connectivity index (χ0n) is 18.9. The molecule has 32 heavy (non-hydrogen) atoms. The molecule has 0 saturated carbocycles. The molecule has 7 heteroatoms. The number of nitrogens with zero attached hydrogens (tertiary/aromatic N) is 4. The monoisotopic (exact) mass is 431 g/mol. The molecule has 0 fully saturated rings. The Morgan fingerprint density at radius 2 is 1.84 bits per heavy atom. The SMILES string of the molecule is CCCN1CC=C2C(C#N)=C(N)C(C#N)(C#N)[C@H](c3ccc(OCC)cc3OCC)[C@@H]2C1. The third-order valence-electron chi connectivity index (χ3n) is 6.21. The molecule has 2 N–H and O–H groups in total. The van der Waals surface area contributed by atoms with Crippen molar-refractivity contribution < 1.29 is 9.47 Å². The van der Waals surface area contributed by atoms with Gasteiger partial charge in [0, 0.05) is 36.6 Å². The summed E-state index contributed by atoms with van der Waals surface area (Å²) in [6, 6.07) is 12.1. The molecule has 3 rings (SSSR count). The van der Waals surface area contributed by atoms with Gasteiger partial charge >= 0.3 is 0 Å². The van der Waals surface area contributed by atoms with E-state index in [1.54, 1.807) is 6.07 Å². The van der Waals surface area contributed by atoms with Crippen LogP contribution in [0.2, 0.25) is 0 Å². The molecule has 1 aromatic rings. The predicted molar refractivity (Wildman–Crippen MR) is 120 cm³/mol. The Hall–Kier alpha value is -3.47. The first-order valence-corrected chi connectivity index (χ1v) is 11.1. The van der Waals surface area contributed by atoms with Crippen molar-refractivity contribution in [2.24, 2.45) is 17.1 Å². The van der Waals surface area contributed by atoms with E-state index in [-0.39, 0.29) is 17.2 Å². The van der Waals surface area contributed by atoms with Crippen molar-refractivity contribution in [3.05, 3.63) is 46.7 Å². The summed E-state index contributed by atoms with van der Waals surface area (Å²) in [7, 11) is 0. The van der Waals surface area contributed by atoms with Gasteiger partial charge in [-0.1, -0.05) is 19.1 Å². The first-order valence-electron chi connectivity index (χ1n) is 11.1. The molecule has 166 valence electrons. The number of ether oxygens (including phenoxy) is 2. The third-order valence-corrected chi connectivity index (χ3v) is 6.21. The smallest absolute Gasteiger partial charge is 0.191 e. The molecule has 0 amide bonds. The van der Waals surface area contributed by atoms with Crippen LogP contribution in [-0.4, -0.2) is 37.7 Å². The highest BCUT2D eigenvalue weighted by Crippen LogP contribution is 2.56. The summed E-state index contributed by atoms with van der Waals surface area (Å²) < 4.78 is 11.6. The van der Waals surface area contributed by atoms with Crippen LogP contribution in [0, 0.1) is 45.3 Å². The van der Waals surface area contributed by atoms with Crippen LogP contribution in [0.1, 0.15) is 38.7 Å². The van der Waals surface area contributed by atoms with Crippen molar-refractivity contribution >= 4 is 0 Å². The molecule has 1 aromatic carbocycles. The quantitative estimate of drug-likeness (QED) is 0.700. The molecule has 1 aliphatic carbocycles. The van der Waals surface area contributed by atoms with E-state index in [0.29, 0.717) is 37.8 Å². The maximum Gasteiger partial charge on any atom is 0.191 e. The molecule has 0 aromatic heterocycles. The van der Waals surface area contributed by atoms with Gasteiger partial charge in [-0.2, -0.15) is 15.8 Å². The van der Waals surface area contributed by atoms with Gasteiger partial charge in [-0.3, -0.25) is 4.90 Å². The molecule has 7 nitrogen and oxygen atoms in total. The zero-order valence-corrected chi connectivity index (χ0v) is 18.9. The van der Waals surface area contributed by atoms with Crippen LogP contribution in [-0.2, 0) is 0 Å². The van der Waals surface area contributed by atoms with Gasteiger partial charge in [0.2, 0.25) is 0 Å². The van der Waals surface area contributed by atoms with Crippen LogP contribution in [0.25, 0.3) is 0 Å². The molecule has 2 atom stereocenters. The molecule has 0 spiro atoms. The van der Waals surface area contributed by atoms with E-state index < -0.39 is 11.3 Å². The first-order chi connectivity index (χ1) is 15.5. The standard InChI is InChI=1S/C25H29N5O2/c1-4-10-30-11-9-18-20(13-26)24(29)25(15-27,16-28)23(21(18)14-30)19-8-7-17(31-5-2)12-22(19)32-6-3/h7-9,12,21,23H,4-6,10-11,14,29H2,1-3H3/t21-,23-/m1/s1. The van der Waals surface area contributed by atoms with E-state index in [2.05, 4.69) is 30.0 Å². The van der Waals surface area contributed by atoms with E-state index in [9.17, 15) is 15.8 Å². The molecule has 2 aliphatic rings. The molecule has 1 heterocycles. The fourth-order valence-corrected chi connectivity index (χ4v) is 4.89. The molecular weight excluding hydrogens is 402 g/mol. The largest absolute Gasteiger partial charge is 0.494 e. The number of hydrogen-bond acceptors (Lipinski definition) is 7. The minimum atomic E-state index is -1.68. The third kappa shape index (κ3) is 3.79. The average molecular weight is 432 g/mol. The van der Waals surface area contributed by atoms with Gasteiger partial charge in [-0.05, 0) is 38.5 Å². The second-order valence-corrected chi connectivity index (χ2v) is 8.00. The maximum atomic E-state index is 10.3. The van der Waals surface area contributed by atoms with Crippen molar-refractivity contribution in [1.82, 2.24) is 4.90 Å². The Morgan fingerprint density at radius 1 is 1.12 bits per heavy atom. The summed E-state index contributed by atoms with van der Waals surface area (Å²) in [6.45, 7) is 9.07. The normalized spacial score (nSPS) is 22.1. The van der Waals surface area contributed by atoms with Gasteiger partial charge in [0.05, 0.1) is 36.6 Å². The lowest BCUT2D eigenvalue weighted by Gasteiger charge is -2.45. The van der Waals surface area contributed by atoms with Crippen LogP contribution in [0.3, 0.4) is 0 Å². The van der Waals surface area contributed by atoms with E-state index in [1.807, 2.05) is 32.1 Å². The Labute approximate surface area is 189 Å². The maximum absolute atomic E-state index is 10.3. The van der Waals surface area contributed by atoms with Crippen LogP contribution in [0.5, 0.6) is 11.5 Å². The number of fused-ring (bicyclic) bond motifs is 1.